The Morgan fingerprint density at radius 2 is 1.07 bits per heavy atom. The zero-order chi connectivity index (χ0) is 23.5. The minimum atomic E-state index is -1.06. The van der Waals surface area contributed by atoms with Gasteiger partial charge in [0.2, 0.25) is 0 Å². The summed E-state index contributed by atoms with van der Waals surface area (Å²) in [5.74, 6) is -1.44. The van der Waals surface area contributed by atoms with E-state index in [9.17, 15) is 19.2 Å². The van der Waals surface area contributed by atoms with Gasteiger partial charge in [0.05, 0.1) is 25.0 Å². The van der Waals surface area contributed by atoms with Crippen LogP contribution in [0.2, 0.25) is 0 Å². The third kappa shape index (κ3) is 12.3. The lowest BCUT2D eigenvalue weighted by atomic mass is 9.96. The van der Waals surface area contributed by atoms with Crippen molar-refractivity contribution in [3.8, 4) is 0 Å². The van der Waals surface area contributed by atoms with Gasteiger partial charge in [0.15, 0.2) is 0 Å². The highest BCUT2D eigenvalue weighted by Gasteiger charge is 2.39. The fourth-order valence-electron chi connectivity index (χ4n) is 2.28. The van der Waals surface area contributed by atoms with Crippen molar-refractivity contribution in [3.63, 3.8) is 0 Å². The van der Waals surface area contributed by atoms with Gasteiger partial charge in [-0.2, -0.15) is 0 Å². The second kappa shape index (κ2) is 12.4. The normalized spacial score (nSPS) is 18.4. The molecule has 1 aliphatic heterocycles. The van der Waals surface area contributed by atoms with Crippen LogP contribution in [0.3, 0.4) is 0 Å². The predicted octanol–water partition coefficient (Wildman–Crippen LogP) is 2.82. The minimum absolute atomic E-state index is 0.319. The third-order valence-corrected chi connectivity index (χ3v) is 3.34. The first-order valence-corrected chi connectivity index (χ1v) is 9.88. The first kappa shape index (κ1) is 27.6. The average molecular weight is 433 g/mol. The molecule has 10 heteroatoms. The van der Waals surface area contributed by atoms with Gasteiger partial charge in [-0.25, -0.2) is 9.59 Å². The molecular formula is C20H35NO9. The van der Waals surface area contributed by atoms with Gasteiger partial charge >= 0.3 is 24.2 Å². The Bertz CT molecular complexity index is 540. The first-order chi connectivity index (χ1) is 13.7. The van der Waals surface area contributed by atoms with Crippen LogP contribution in [0.1, 0.15) is 55.4 Å². The van der Waals surface area contributed by atoms with E-state index in [2.05, 4.69) is 10.1 Å². The maximum atomic E-state index is 11.5. The van der Waals surface area contributed by atoms with Crippen LogP contribution in [0.5, 0.6) is 0 Å². The molecule has 0 aromatic rings. The Kier molecular flexibility index (Phi) is 11.4. The summed E-state index contributed by atoms with van der Waals surface area (Å²) in [4.78, 5) is 45.0. The van der Waals surface area contributed by atoms with Gasteiger partial charge in [0.1, 0.15) is 11.2 Å². The summed E-state index contributed by atoms with van der Waals surface area (Å²) in [7, 11) is 0. The lowest BCUT2D eigenvalue weighted by Crippen LogP contribution is -2.31. The summed E-state index contributed by atoms with van der Waals surface area (Å²) in [6, 6.07) is 0. The van der Waals surface area contributed by atoms with Crippen LogP contribution in [-0.2, 0) is 33.3 Å². The van der Waals surface area contributed by atoms with Crippen molar-refractivity contribution in [3.05, 3.63) is 0 Å². The molecule has 0 radical (unpaired) electrons. The van der Waals surface area contributed by atoms with E-state index in [1.165, 1.54) is 0 Å². The molecule has 0 unspecified atom stereocenters. The number of esters is 2. The lowest BCUT2D eigenvalue weighted by molar-refractivity contribution is -0.157. The van der Waals surface area contributed by atoms with Crippen LogP contribution in [0.15, 0.2) is 0 Å². The van der Waals surface area contributed by atoms with E-state index in [0.29, 0.717) is 26.3 Å². The van der Waals surface area contributed by atoms with Crippen LogP contribution in [-0.4, -0.2) is 61.8 Å². The number of nitrogens with one attached hydrogen (secondary N) is 1. The van der Waals surface area contributed by atoms with E-state index < -0.39 is 35.3 Å². The van der Waals surface area contributed by atoms with Gasteiger partial charge in [0.25, 0.3) is 0 Å². The number of carbonyl (C=O) groups excluding carboxylic acids is 4. The van der Waals surface area contributed by atoms with Crippen molar-refractivity contribution in [2.45, 2.75) is 66.6 Å². The first-order valence-electron chi connectivity index (χ1n) is 9.88. The van der Waals surface area contributed by atoms with E-state index in [1.807, 2.05) is 0 Å². The molecule has 10 nitrogen and oxygen atoms in total. The number of carbonyl (C=O) groups is 4. The summed E-state index contributed by atoms with van der Waals surface area (Å²) < 4.78 is 23.6. The molecule has 0 bridgehead atoms. The van der Waals surface area contributed by atoms with Gasteiger partial charge in [-0.1, -0.05) is 0 Å². The molecule has 1 saturated heterocycles. The monoisotopic (exact) mass is 433 g/mol. The highest BCUT2D eigenvalue weighted by atomic mass is 16.8. The largest absolute Gasteiger partial charge is 0.519 e. The lowest BCUT2D eigenvalue weighted by Gasteiger charge is -2.20. The van der Waals surface area contributed by atoms with Gasteiger partial charge in [-0.3, -0.25) is 9.59 Å². The van der Waals surface area contributed by atoms with Gasteiger partial charge in [0, 0.05) is 13.1 Å². The molecule has 174 valence electrons. The zero-order valence-electron chi connectivity index (χ0n) is 19.2. The van der Waals surface area contributed by atoms with Crippen molar-refractivity contribution in [1.82, 2.24) is 5.32 Å². The number of rotatable bonds is 4. The van der Waals surface area contributed by atoms with Crippen molar-refractivity contribution in [1.29, 1.82) is 0 Å². The van der Waals surface area contributed by atoms with E-state index in [-0.39, 0.29) is 11.9 Å². The van der Waals surface area contributed by atoms with E-state index in [1.54, 1.807) is 55.4 Å². The summed E-state index contributed by atoms with van der Waals surface area (Å²) in [6.07, 6.45) is -2.12. The molecule has 30 heavy (non-hydrogen) atoms. The van der Waals surface area contributed by atoms with Crippen LogP contribution >= 0.6 is 0 Å². The Hall–Kier alpha value is -2.36. The maximum absolute atomic E-state index is 11.5. The molecule has 0 aliphatic carbocycles. The van der Waals surface area contributed by atoms with Crippen LogP contribution in [0.25, 0.3) is 0 Å². The molecule has 0 spiro atoms. The van der Waals surface area contributed by atoms with Gasteiger partial charge in [-0.05, 0) is 55.4 Å². The average Bonchev–Trinajstić information content (AvgIpc) is 3.01. The van der Waals surface area contributed by atoms with E-state index in [4.69, 9.17) is 18.9 Å². The zero-order valence-corrected chi connectivity index (χ0v) is 19.2. The quantitative estimate of drug-likeness (QED) is 0.402. The topological polar surface area (TPSA) is 126 Å². The summed E-state index contributed by atoms with van der Waals surface area (Å²) >= 11 is 0. The standard InChI is InChI=1S/C10H17NO4.C10H18O5/c1-3-14-9(12)7-5-11-6-8(7)10(13)15-4-2;1-9(2,3)14-7(11)13-8(12)15-10(4,5)6/h7-8,11H,3-6H2,1-2H3;1-6H3/t7-,8-;/m0./s1. The SMILES string of the molecule is CC(C)(C)OC(=O)OC(=O)OC(C)(C)C.CCOC(=O)[C@H]1CNC[C@@H]1C(=O)OCC. The van der Waals surface area contributed by atoms with Crippen molar-refractivity contribution in [2.75, 3.05) is 26.3 Å². The van der Waals surface area contributed by atoms with Crippen LogP contribution < -0.4 is 5.32 Å². The Morgan fingerprint density at radius 1 is 0.733 bits per heavy atom. The number of ether oxygens (including phenoxy) is 5. The smallest absolute Gasteiger partial charge is 0.466 e. The molecule has 1 N–H and O–H groups in total. The summed E-state index contributed by atoms with van der Waals surface area (Å²) in [5, 5.41) is 3.00. The van der Waals surface area contributed by atoms with Crippen molar-refractivity contribution < 1.29 is 42.9 Å². The molecule has 0 saturated carbocycles. The van der Waals surface area contributed by atoms with Crippen LogP contribution in [0.4, 0.5) is 9.59 Å². The highest BCUT2D eigenvalue weighted by Crippen LogP contribution is 2.20. The number of hydrogen-bond donors (Lipinski definition) is 1. The molecular weight excluding hydrogens is 398 g/mol. The van der Waals surface area contributed by atoms with E-state index >= 15 is 0 Å². The van der Waals surface area contributed by atoms with Gasteiger partial charge in [-0.15, -0.1) is 0 Å². The van der Waals surface area contributed by atoms with E-state index in [0.717, 1.165) is 0 Å². The molecule has 1 fully saturated rings. The third-order valence-electron chi connectivity index (χ3n) is 3.34. The molecule has 1 aliphatic rings. The molecule has 2 atom stereocenters. The predicted molar refractivity (Wildman–Crippen MR) is 107 cm³/mol. The summed E-state index contributed by atoms with van der Waals surface area (Å²) in [6.45, 7) is 15.2. The Labute approximate surface area is 177 Å². The Morgan fingerprint density at radius 3 is 1.33 bits per heavy atom. The molecule has 1 heterocycles. The fourth-order valence-corrected chi connectivity index (χ4v) is 2.28. The second-order valence-electron chi connectivity index (χ2n) is 8.41. The van der Waals surface area contributed by atoms with Gasteiger partial charge < -0.3 is 29.0 Å². The Balaban J connectivity index is 0.000000561. The maximum Gasteiger partial charge on any atom is 0.519 e. The number of hydrogen-bond acceptors (Lipinski definition) is 10. The molecule has 0 aromatic carbocycles. The molecule has 1 rings (SSSR count). The minimum Gasteiger partial charge on any atom is -0.466 e. The van der Waals surface area contributed by atoms with Crippen LogP contribution in [0, 0.1) is 11.8 Å². The fraction of sp³-hybridized carbons (Fsp3) is 0.800. The van der Waals surface area contributed by atoms with Crippen molar-refractivity contribution >= 4 is 24.2 Å². The van der Waals surface area contributed by atoms with Crippen molar-refractivity contribution in [2.24, 2.45) is 11.8 Å². The highest BCUT2D eigenvalue weighted by molar-refractivity contribution is 5.83. The summed E-state index contributed by atoms with van der Waals surface area (Å²) in [5.41, 5.74) is -1.39. The second-order valence-corrected chi connectivity index (χ2v) is 8.41. The molecule has 0 amide bonds. The molecule has 0 aromatic heterocycles.